The SMILES string of the molecule is CC[C@H](C)N1C(=O)[C@H]2[C@@H](C1=O)[C@@]1(N[C@@H]2C)C(=O)Nc2ccc(Br)cc21. The molecule has 7 heteroatoms. The molecule has 2 saturated heterocycles. The van der Waals surface area contributed by atoms with Gasteiger partial charge < -0.3 is 5.32 Å². The third kappa shape index (κ3) is 1.96. The Kier molecular flexibility index (Phi) is 3.60. The van der Waals surface area contributed by atoms with Gasteiger partial charge in [0.05, 0.1) is 11.8 Å². The summed E-state index contributed by atoms with van der Waals surface area (Å²) in [4.78, 5) is 40.5. The van der Waals surface area contributed by atoms with E-state index in [0.717, 1.165) is 10.0 Å². The van der Waals surface area contributed by atoms with E-state index in [9.17, 15) is 14.4 Å². The number of likely N-dealkylation sites (tertiary alicyclic amines) is 1. The summed E-state index contributed by atoms with van der Waals surface area (Å²) in [5.74, 6) is -1.90. The highest BCUT2D eigenvalue weighted by atomic mass is 79.9. The zero-order valence-corrected chi connectivity index (χ0v) is 15.9. The molecule has 2 N–H and O–H groups in total. The average molecular weight is 406 g/mol. The number of rotatable bonds is 2. The summed E-state index contributed by atoms with van der Waals surface area (Å²) >= 11 is 3.45. The second-order valence-electron chi connectivity index (χ2n) is 7.19. The number of carbonyl (C=O) groups is 3. The van der Waals surface area contributed by atoms with Gasteiger partial charge in [0.15, 0.2) is 0 Å². The Morgan fingerprint density at radius 3 is 2.68 bits per heavy atom. The van der Waals surface area contributed by atoms with Crippen molar-refractivity contribution in [3.05, 3.63) is 28.2 Å². The lowest BCUT2D eigenvalue weighted by Crippen LogP contribution is -2.53. The molecule has 0 aliphatic carbocycles. The smallest absolute Gasteiger partial charge is 0.250 e. The molecular weight excluding hydrogens is 386 g/mol. The maximum absolute atomic E-state index is 13.2. The third-order valence-electron chi connectivity index (χ3n) is 5.89. The summed E-state index contributed by atoms with van der Waals surface area (Å²) in [5, 5.41) is 6.18. The molecule has 3 heterocycles. The molecular formula is C18H20BrN3O3. The molecule has 0 radical (unpaired) electrons. The molecule has 0 saturated carbocycles. The normalized spacial score (nSPS) is 34.5. The highest BCUT2D eigenvalue weighted by Gasteiger charge is 2.69. The van der Waals surface area contributed by atoms with Crippen LogP contribution in [0.5, 0.6) is 0 Å². The molecule has 132 valence electrons. The number of anilines is 1. The second kappa shape index (κ2) is 5.38. The van der Waals surface area contributed by atoms with Crippen molar-refractivity contribution in [1.82, 2.24) is 10.2 Å². The predicted molar refractivity (Wildman–Crippen MR) is 95.6 cm³/mol. The predicted octanol–water partition coefficient (Wildman–Crippen LogP) is 1.99. The van der Waals surface area contributed by atoms with E-state index in [1.54, 1.807) is 0 Å². The van der Waals surface area contributed by atoms with Gasteiger partial charge in [0.25, 0.3) is 0 Å². The first kappa shape index (κ1) is 16.7. The van der Waals surface area contributed by atoms with Crippen LogP contribution in [0.3, 0.4) is 0 Å². The molecule has 5 atom stereocenters. The summed E-state index contributed by atoms with van der Waals surface area (Å²) < 4.78 is 0.829. The number of hydrogen-bond acceptors (Lipinski definition) is 4. The minimum Gasteiger partial charge on any atom is -0.324 e. The molecule has 3 aliphatic rings. The Bertz CT molecular complexity index is 811. The van der Waals surface area contributed by atoms with Crippen LogP contribution >= 0.6 is 15.9 Å². The minimum absolute atomic E-state index is 0.165. The molecule has 25 heavy (non-hydrogen) atoms. The van der Waals surface area contributed by atoms with Crippen LogP contribution in [0.2, 0.25) is 0 Å². The van der Waals surface area contributed by atoms with Gasteiger partial charge in [0.2, 0.25) is 17.7 Å². The van der Waals surface area contributed by atoms with Crippen LogP contribution in [0.25, 0.3) is 0 Å². The first-order valence-electron chi connectivity index (χ1n) is 8.59. The highest BCUT2D eigenvalue weighted by molar-refractivity contribution is 9.10. The van der Waals surface area contributed by atoms with E-state index in [0.29, 0.717) is 12.1 Å². The Morgan fingerprint density at radius 2 is 2.00 bits per heavy atom. The van der Waals surface area contributed by atoms with Crippen molar-refractivity contribution in [2.75, 3.05) is 5.32 Å². The molecule has 3 aliphatic heterocycles. The lowest BCUT2D eigenvalue weighted by molar-refractivity contribution is -0.145. The van der Waals surface area contributed by atoms with Crippen LogP contribution in [0.4, 0.5) is 5.69 Å². The van der Waals surface area contributed by atoms with Crippen LogP contribution in [0.15, 0.2) is 22.7 Å². The van der Waals surface area contributed by atoms with Gasteiger partial charge in [-0.2, -0.15) is 0 Å². The fourth-order valence-electron chi connectivity index (χ4n) is 4.58. The Balaban J connectivity index is 1.89. The average Bonchev–Trinajstić information content (AvgIpc) is 3.12. The van der Waals surface area contributed by atoms with Crippen molar-refractivity contribution in [3.8, 4) is 0 Å². The number of hydrogen-bond donors (Lipinski definition) is 2. The van der Waals surface area contributed by atoms with Crippen LogP contribution in [-0.2, 0) is 19.9 Å². The van der Waals surface area contributed by atoms with Gasteiger partial charge in [-0.1, -0.05) is 22.9 Å². The van der Waals surface area contributed by atoms with E-state index in [1.807, 2.05) is 39.0 Å². The monoisotopic (exact) mass is 405 g/mol. The Hall–Kier alpha value is -1.73. The van der Waals surface area contributed by atoms with Crippen molar-refractivity contribution >= 4 is 39.3 Å². The maximum atomic E-state index is 13.2. The van der Waals surface area contributed by atoms with Gasteiger partial charge in [-0.3, -0.25) is 24.6 Å². The standard InChI is InChI=1S/C18H20BrN3O3/c1-4-8(2)22-15(23)13-9(3)21-18(14(13)16(22)24)11-7-10(19)5-6-12(11)20-17(18)25/h5-9,13-14,21H,4H2,1-3H3,(H,20,25)/t8-,9+,13+,14-,18+/m0/s1. The number of benzene rings is 1. The quantitative estimate of drug-likeness (QED) is 0.737. The lowest BCUT2D eigenvalue weighted by Gasteiger charge is -2.30. The van der Waals surface area contributed by atoms with Gasteiger partial charge in [0.1, 0.15) is 5.54 Å². The molecule has 4 rings (SSSR count). The zero-order valence-electron chi connectivity index (χ0n) is 14.3. The fourth-order valence-corrected chi connectivity index (χ4v) is 4.94. The summed E-state index contributed by atoms with van der Waals surface area (Å²) in [6.07, 6.45) is 0.695. The number of imide groups is 1. The lowest BCUT2D eigenvalue weighted by atomic mass is 9.76. The fraction of sp³-hybridized carbons (Fsp3) is 0.500. The van der Waals surface area contributed by atoms with Gasteiger partial charge in [-0.25, -0.2) is 0 Å². The van der Waals surface area contributed by atoms with Crippen LogP contribution < -0.4 is 10.6 Å². The summed E-state index contributed by atoms with van der Waals surface area (Å²) in [6.45, 7) is 5.70. The van der Waals surface area contributed by atoms with E-state index in [1.165, 1.54) is 4.90 Å². The maximum Gasteiger partial charge on any atom is 0.250 e. The third-order valence-corrected chi connectivity index (χ3v) is 6.38. The number of carbonyl (C=O) groups excluding carboxylic acids is 3. The zero-order chi connectivity index (χ0) is 18.1. The largest absolute Gasteiger partial charge is 0.324 e. The molecule has 0 unspecified atom stereocenters. The van der Waals surface area contributed by atoms with Gasteiger partial charge in [0, 0.05) is 27.8 Å². The van der Waals surface area contributed by atoms with Crippen LogP contribution in [0.1, 0.15) is 32.8 Å². The summed E-state index contributed by atoms with van der Waals surface area (Å²) in [6, 6.07) is 5.10. The van der Waals surface area contributed by atoms with Crippen molar-refractivity contribution in [3.63, 3.8) is 0 Å². The van der Waals surface area contributed by atoms with Crippen molar-refractivity contribution in [2.45, 2.75) is 44.8 Å². The molecule has 0 bridgehead atoms. The Morgan fingerprint density at radius 1 is 1.28 bits per heavy atom. The number of halogens is 1. The van der Waals surface area contributed by atoms with Crippen molar-refractivity contribution in [1.29, 1.82) is 0 Å². The van der Waals surface area contributed by atoms with Crippen molar-refractivity contribution in [2.24, 2.45) is 11.8 Å². The van der Waals surface area contributed by atoms with E-state index >= 15 is 0 Å². The number of amides is 3. The van der Waals surface area contributed by atoms with Crippen molar-refractivity contribution < 1.29 is 14.4 Å². The van der Waals surface area contributed by atoms with E-state index < -0.39 is 17.4 Å². The molecule has 2 fully saturated rings. The number of fused-ring (bicyclic) bond motifs is 4. The summed E-state index contributed by atoms with van der Waals surface area (Å²) in [7, 11) is 0. The molecule has 1 spiro atoms. The number of nitrogens with zero attached hydrogens (tertiary/aromatic N) is 1. The first-order chi connectivity index (χ1) is 11.8. The number of nitrogens with one attached hydrogen (secondary N) is 2. The van der Waals surface area contributed by atoms with E-state index in [2.05, 4.69) is 26.6 Å². The Labute approximate surface area is 154 Å². The van der Waals surface area contributed by atoms with E-state index in [-0.39, 0.29) is 29.8 Å². The second-order valence-corrected chi connectivity index (χ2v) is 8.11. The molecule has 0 aromatic heterocycles. The highest BCUT2D eigenvalue weighted by Crippen LogP contribution is 2.53. The first-order valence-corrected chi connectivity index (χ1v) is 9.38. The van der Waals surface area contributed by atoms with E-state index in [4.69, 9.17) is 0 Å². The van der Waals surface area contributed by atoms with Crippen LogP contribution in [0, 0.1) is 11.8 Å². The topological polar surface area (TPSA) is 78.5 Å². The molecule has 3 amide bonds. The molecule has 1 aromatic carbocycles. The molecule has 1 aromatic rings. The van der Waals surface area contributed by atoms with Gasteiger partial charge in [-0.05, 0) is 38.5 Å². The minimum atomic E-state index is -1.18. The van der Waals surface area contributed by atoms with Gasteiger partial charge in [-0.15, -0.1) is 0 Å². The summed E-state index contributed by atoms with van der Waals surface area (Å²) in [5.41, 5.74) is 0.243. The molecule has 6 nitrogen and oxygen atoms in total. The van der Waals surface area contributed by atoms with Crippen LogP contribution in [-0.4, -0.2) is 34.7 Å². The van der Waals surface area contributed by atoms with Gasteiger partial charge >= 0.3 is 0 Å².